The molecule has 0 saturated heterocycles. The Balaban J connectivity index is 2.34. The van der Waals surface area contributed by atoms with Crippen molar-refractivity contribution < 1.29 is 4.74 Å². The first-order valence-electron chi connectivity index (χ1n) is 5.05. The van der Waals surface area contributed by atoms with Gasteiger partial charge in [0.1, 0.15) is 5.75 Å². The van der Waals surface area contributed by atoms with Crippen molar-refractivity contribution in [3.63, 3.8) is 0 Å². The van der Waals surface area contributed by atoms with E-state index in [1.54, 1.807) is 7.11 Å². The molecule has 2 rings (SSSR count). The van der Waals surface area contributed by atoms with Crippen molar-refractivity contribution >= 4 is 17.1 Å². The van der Waals surface area contributed by atoms with Gasteiger partial charge in [-0.1, -0.05) is 54.7 Å². The van der Waals surface area contributed by atoms with Gasteiger partial charge in [0.25, 0.3) is 0 Å². The van der Waals surface area contributed by atoms with Crippen LogP contribution in [0.2, 0.25) is 0 Å². The first-order valence-corrected chi connectivity index (χ1v) is 5.46. The lowest BCUT2D eigenvalue weighted by atomic mass is 10.0. The van der Waals surface area contributed by atoms with Gasteiger partial charge in [0.15, 0.2) is 0 Å². The van der Waals surface area contributed by atoms with Crippen LogP contribution < -0.4 is 4.74 Å². The molecule has 0 aromatic heterocycles. The number of ether oxygens (including phenoxy) is 1. The van der Waals surface area contributed by atoms with Crippen LogP contribution in [-0.4, -0.2) is 12.0 Å². The molecule has 2 aromatic rings. The lowest BCUT2D eigenvalue weighted by Crippen LogP contribution is -1.99. The average Bonchev–Trinajstić information content (AvgIpc) is 2.39. The Kier molecular flexibility index (Phi) is 3.32. The third-order valence-electron chi connectivity index (χ3n) is 2.37. The van der Waals surface area contributed by atoms with Gasteiger partial charge in [0, 0.05) is 0 Å². The molecule has 0 radical (unpaired) electrons. The second-order valence-corrected chi connectivity index (χ2v) is 3.84. The van der Waals surface area contributed by atoms with E-state index < -0.39 is 0 Å². The average molecular weight is 228 g/mol. The monoisotopic (exact) mass is 228 g/mol. The van der Waals surface area contributed by atoms with Crippen LogP contribution in [0, 0.1) is 0 Å². The first-order chi connectivity index (χ1) is 7.81. The van der Waals surface area contributed by atoms with Crippen LogP contribution >= 0.6 is 12.2 Å². The van der Waals surface area contributed by atoms with Crippen LogP contribution in [0.1, 0.15) is 11.1 Å². The van der Waals surface area contributed by atoms with Gasteiger partial charge in [0.2, 0.25) is 0 Å². The van der Waals surface area contributed by atoms with Crippen molar-refractivity contribution in [3.8, 4) is 5.75 Å². The standard InChI is InChI=1S/C14H12OS/c1-15-13-9-5-8-12(10-13)14(16)11-6-3-2-4-7-11/h2-10H,1H3. The first kappa shape index (κ1) is 10.8. The molecule has 0 fully saturated rings. The van der Waals surface area contributed by atoms with Gasteiger partial charge in [-0.25, -0.2) is 0 Å². The van der Waals surface area contributed by atoms with Crippen LogP contribution in [0.4, 0.5) is 0 Å². The molecule has 0 aliphatic rings. The molecule has 0 N–H and O–H groups in total. The van der Waals surface area contributed by atoms with Crippen LogP contribution in [-0.2, 0) is 0 Å². The summed E-state index contributed by atoms with van der Waals surface area (Å²) in [5.74, 6) is 0.829. The van der Waals surface area contributed by atoms with E-state index in [4.69, 9.17) is 17.0 Å². The van der Waals surface area contributed by atoms with Crippen LogP contribution in [0.3, 0.4) is 0 Å². The highest BCUT2D eigenvalue weighted by molar-refractivity contribution is 7.81. The molecule has 0 atom stereocenters. The fourth-order valence-electron chi connectivity index (χ4n) is 1.52. The quantitative estimate of drug-likeness (QED) is 0.587. The summed E-state index contributed by atoms with van der Waals surface area (Å²) in [4.78, 5) is 0.847. The smallest absolute Gasteiger partial charge is 0.119 e. The summed E-state index contributed by atoms with van der Waals surface area (Å²) in [7, 11) is 1.66. The Labute approximate surface area is 101 Å². The third-order valence-corrected chi connectivity index (χ3v) is 2.84. The van der Waals surface area contributed by atoms with Gasteiger partial charge in [0.05, 0.1) is 12.0 Å². The molecule has 16 heavy (non-hydrogen) atoms. The van der Waals surface area contributed by atoms with E-state index in [-0.39, 0.29) is 0 Å². The van der Waals surface area contributed by atoms with E-state index in [0.717, 1.165) is 21.7 Å². The van der Waals surface area contributed by atoms with E-state index in [1.807, 2.05) is 54.6 Å². The lowest BCUT2D eigenvalue weighted by molar-refractivity contribution is 0.414. The van der Waals surface area contributed by atoms with Gasteiger partial charge in [-0.2, -0.15) is 0 Å². The van der Waals surface area contributed by atoms with E-state index >= 15 is 0 Å². The summed E-state index contributed by atoms with van der Waals surface area (Å²) in [6.45, 7) is 0. The Bertz CT molecular complexity index is 491. The van der Waals surface area contributed by atoms with Crippen molar-refractivity contribution in [2.75, 3.05) is 7.11 Å². The fraction of sp³-hybridized carbons (Fsp3) is 0.0714. The number of hydrogen-bond donors (Lipinski definition) is 0. The molecule has 2 aromatic carbocycles. The Morgan fingerprint density at radius 1 is 0.938 bits per heavy atom. The highest BCUT2D eigenvalue weighted by atomic mass is 32.1. The molecule has 0 bridgehead atoms. The Morgan fingerprint density at radius 3 is 2.31 bits per heavy atom. The van der Waals surface area contributed by atoms with E-state index in [0.29, 0.717) is 0 Å². The van der Waals surface area contributed by atoms with Crippen molar-refractivity contribution in [3.05, 3.63) is 65.7 Å². The summed E-state index contributed by atoms with van der Waals surface area (Å²) in [5, 5.41) is 0. The topological polar surface area (TPSA) is 9.23 Å². The minimum absolute atomic E-state index is 0.829. The van der Waals surface area contributed by atoms with Crippen molar-refractivity contribution in [2.24, 2.45) is 0 Å². The summed E-state index contributed by atoms with van der Waals surface area (Å²) in [6.07, 6.45) is 0. The SMILES string of the molecule is COc1cccc(C(=S)c2ccccc2)c1. The molecule has 0 spiro atoms. The van der Waals surface area contributed by atoms with Gasteiger partial charge in [-0.05, 0) is 23.3 Å². The number of methoxy groups -OCH3 is 1. The molecular weight excluding hydrogens is 216 g/mol. The van der Waals surface area contributed by atoms with Gasteiger partial charge >= 0.3 is 0 Å². The molecule has 0 saturated carbocycles. The van der Waals surface area contributed by atoms with E-state index in [9.17, 15) is 0 Å². The molecule has 1 nitrogen and oxygen atoms in total. The number of hydrogen-bond acceptors (Lipinski definition) is 2. The van der Waals surface area contributed by atoms with E-state index in [1.165, 1.54) is 0 Å². The fourth-order valence-corrected chi connectivity index (χ4v) is 1.78. The summed E-state index contributed by atoms with van der Waals surface area (Å²) >= 11 is 5.44. The Hall–Kier alpha value is -1.67. The van der Waals surface area contributed by atoms with Crippen molar-refractivity contribution in [1.29, 1.82) is 0 Å². The normalized spacial score (nSPS) is 9.81. The molecule has 0 aliphatic carbocycles. The zero-order valence-electron chi connectivity index (χ0n) is 9.01. The Morgan fingerprint density at radius 2 is 1.62 bits per heavy atom. The summed E-state index contributed by atoms with van der Waals surface area (Å²) in [5.41, 5.74) is 2.08. The predicted molar refractivity (Wildman–Crippen MR) is 70.2 cm³/mol. The zero-order chi connectivity index (χ0) is 11.4. The third kappa shape index (κ3) is 2.28. The van der Waals surface area contributed by atoms with Crippen LogP contribution in [0.5, 0.6) is 5.75 Å². The van der Waals surface area contributed by atoms with Crippen molar-refractivity contribution in [1.82, 2.24) is 0 Å². The highest BCUT2D eigenvalue weighted by Crippen LogP contribution is 2.16. The maximum atomic E-state index is 5.44. The zero-order valence-corrected chi connectivity index (χ0v) is 9.83. The largest absolute Gasteiger partial charge is 0.497 e. The maximum Gasteiger partial charge on any atom is 0.119 e. The van der Waals surface area contributed by atoms with Crippen molar-refractivity contribution in [2.45, 2.75) is 0 Å². The van der Waals surface area contributed by atoms with Gasteiger partial charge in [-0.3, -0.25) is 0 Å². The predicted octanol–water partition coefficient (Wildman–Crippen LogP) is 3.46. The molecule has 0 unspecified atom stereocenters. The van der Waals surface area contributed by atoms with Gasteiger partial charge in [-0.15, -0.1) is 0 Å². The minimum Gasteiger partial charge on any atom is -0.497 e. The molecule has 0 heterocycles. The summed E-state index contributed by atoms with van der Waals surface area (Å²) in [6, 6.07) is 17.8. The molecule has 0 aliphatic heterocycles. The second kappa shape index (κ2) is 4.90. The lowest BCUT2D eigenvalue weighted by Gasteiger charge is -2.06. The number of rotatable bonds is 3. The maximum absolute atomic E-state index is 5.44. The molecule has 2 heteroatoms. The molecule has 0 amide bonds. The van der Waals surface area contributed by atoms with Crippen LogP contribution in [0.15, 0.2) is 54.6 Å². The van der Waals surface area contributed by atoms with Gasteiger partial charge < -0.3 is 4.74 Å². The van der Waals surface area contributed by atoms with Crippen LogP contribution in [0.25, 0.3) is 0 Å². The van der Waals surface area contributed by atoms with E-state index in [2.05, 4.69) is 0 Å². The molecular formula is C14H12OS. The second-order valence-electron chi connectivity index (χ2n) is 3.43. The number of benzene rings is 2. The molecule has 80 valence electrons. The summed E-state index contributed by atoms with van der Waals surface area (Å²) < 4.78 is 5.18. The highest BCUT2D eigenvalue weighted by Gasteiger charge is 2.04. The number of thiocarbonyl (C=S) groups is 1. The minimum atomic E-state index is 0.829.